The number of likely N-dealkylation sites (tertiary alicyclic amines) is 1. The van der Waals surface area contributed by atoms with Gasteiger partial charge < -0.3 is 10.2 Å². The molecule has 1 aliphatic carbocycles. The molecule has 0 aromatic rings. The monoisotopic (exact) mass is 252 g/mol. The van der Waals surface area contributed by atoms with Gasteiger partial charge in [-0.25, -0.2) is 0 Å². The summed E-state index contributed by atoms with van der Waals surface area (Å²) in [5, 5.41) is 3.80. The van der Waals surface area contributed by atoms with E-state index in [1.54, 1.807) is 0 Å². The van der Waals surface area contributed by atoms with Gasteiger partial charge in [-0.05, 0) is 57.5 Å². The van der Waals surface area contributed by atoms with E-state index in [2.05, 4.69) is 24.1 Å². The Hall–Kier alpha value is -0.0800. The zero-order chi connectivity index (χ0) is 12.8. The molecule has 2 fully saturated rings. The number of nitrogens with zero attached hydrogens (tertiary/aromatic N) is 1. The first-order chi connectivity index (χ1) is 8.85. The van der Waals surface area contributed by atoms with Crippen molar-refractivity contribution in [2.24, 2.45) is 5.92 Å². The van der Waals surface area contributed by atoms with Crippen molar-refractivity contribution in [2.75, 3.05) is 19.6 Å². The van der Waals surface area contributed by atoms with Crippen molar-refractivity contribution in [3.8, 4) is 0 Å². The Morgan fingerprint density at radius 1 is 1.06 bits per heavy atom. The van der Waals surface area contributed by atoms with E-state index in [0.717, 1.165) is 18.0 Å². The van der Waals surface area contributed by atoms with Crippen molar-refractivity contribution >= 4 is 0 Å². The lowest BCUT2D eigenvalue weighted by atomic mass is 9.84. The Labute approximate surface area is 114 Å². The number of hydrogen-bond acceptors (Lipinski definition) is 2. The molecule has 2 nitrogen and oxygen atoms in total. The normalized spacial score (nSPS) is 34.0. The fourth-order valence-corrected chi connectivity index (χ4v) is 3.92. The molecular weight excluding hydrogens is 220 g/mol. The molecule has 2 rings (SSSR count). The van der Waals surface area contributed by atoms with Crippen molar-refractivity contribution in [2.45, 2.75) is 77.3 Å². The summed E-state index contributed by atoms with van der Waals surface area (Å²) in [5.74, 6) is 0.914. The highest BCUT2D eigenvalue weighted by atomic mass is 15.2. The first kappa shape index (κ1) is 14.3. The second-order valence-electron chi connectivity index (χ2n) is 6.30. The standard InChI is InChI=1S/C16H32N2/c1-3-11-17-16-10-6-5-8-14(16)13-18-12-7-9-15(18)4-2/h14-17H,3-13H2,1-2H3. The predicted octanol–water partition coefficient (Wildman–Crippen LogP) is 3.42. The molecule has 0 aromatic heterocycles. The summed E-state index contributed by atoms with van der Waals surface area (Å²) >= 11 is 0. The second kappa shape index (κ2) is 7.49. The molecule has 0 aromatic carbocycles. The minimum Gasteiger partial charge on any atom is -0.314 e. The zero-order valence-corrected chi connectivity index (χ0v) is 12.5. The average molecular weight is 252 g/mol. The van der Waals surface area contributed by atoms with Gasteiger partial charge in [0, 0.05) is 18.6 Å². The van der Waals surface area contributed by atoms with Gasteiger partial charge in [0.05, 0.1) is 0 Å². The van der Waals surface area contributed by atoms with Crippen molar-refractivity contribution < 1.29 is 0 Å². The summed E-state index contributed by atoms with van der Waals surface area (Å²) < 4.78 is 0. The largest absolute Gasteiger partial charge is 0.314 e. The fourth-order valence-electron chi connectivity index (χ4n) is 3.92. The lowest BCUT2D eigenvalue weighted by Crippen LogP contribution is -2.45. The molecule has 1 N–H and O–H groups in total. The maximum atomic E-state index is 3.80. The summed E-state index contributed by atoms with van der Waals surface area (Å²) in [6.45, 7) is 8.56. The highest BCUT2D eigenvalue weighted by Crippen LogP contribution is 2.28. The van der Waals surface area contributed by atoms with Gasteiger partial charge in [0.15, 0.2) is 0 Å². The summed E-state index contributed by atoms with van der Waals surface area (Å²) in [6, 6.07) is 1.69. The van der Waals surface area contributed by atoms with Crippen LogP contribution in [0.3, 0.4) is 0 Å². The van der Waals surface area contributed by atoms with Crippen LogP contribution in [0.4, 0.5) is 0 Å². The fraction of sp³-hybridized carbons (Fsp3) is 1.00. The van der Waals surface area contributed by atoms with Crippen LogP contribution in [0.5, 0.6) is 0 Å². The van der Waals surface area contributed by atoms with E-state index in [4.69, 9.17) is 0 Å². The molecule has 0 radical (unpaired) electrons. The Balaban J connectivity index is 1.84. The van der Waals surface area contributed by atoms with E-state index in [0.29, 0.717) is 0 Å². The van der Waals surface area contributed by atoms with Crippen molar-refractivity contribution in [3.63, 3.8) is 0 Å². The van der Waals surface area contributed by atoms with E-state index < -0.39 is 0 Å². The van der Waals surface area contributed by atoms with Crippen molar-refractivity contribution in [3.05, 3.63) is 0 Å². The van der Waals surface area contributed by atoms with Crippen LogP contribution in [-0.2, 0) is 0 Å². The van der Waals surface area contributed by atoms with Crippen molar-refractivity contribution in [1.82, 2.24) is 10.2 Å². The van der Waals surface area contributed by atoms with Crippen molar-refractivity contribution in [1.29, 1.82) is 0 Å². The summed E-state index contributed by atoms with van der Waals surface area (Å²) in [6.07, 6.45) is 11.2. The number of nitrogens with one attached hydrogen (secondary N) is 1. The summed E-state index contributed by atoms with van der Waals surface area (Å²) in [7, 11) is 0. The van der Waals surface area contributed by atoms with Crippen LogP contribution in [0.25, 0.3) is 0 Å². The van der Waals surface area contributed by atoms with Crippen LogP contribution >= 0.6 is 0 Å². The molecule has 106 valence electrons. The van der Waals surface area contributed by atoms with Crippen LogP contribution in [0, 0.1) is 5.92 Å². The van der Waals surface area contributed by atoms with Crippen LogP contribution < -0.4 is 5.32 Å². The Kier molecular flexibility index (Phi) is 5.97. The molecule has 0 spiro atoms. The predicted molar refractivity (Wildman–Crippen MR) is 78.9 cm³/mol. The quantitative estimate of drug-likeness (QED) is 0.779. The van der Waals surface area contributed by atoms with Gasteiger partial charge in [-0.3, -0.25) is 0 Å². The number of hydrogen-bond donors (Lipinski definition) is 1. The average Bonchev–Trinajstić information content (AvgIpc) is 2.85. The smallest absolute Gasteiger partial charge is 0.0107 e. The molecule has 2 aliphatic rings. The van der Waals surface area contributed by atoms with E-state index in [9.17, 15) is 0 Å². The highest BCUT2D eigenvalue weighted by Gasteiger charge is 2.30. The Morgan fingerprint density at radius 2 is 1.89 bits per heavy atom. The third-order valence-electron chi connectivity index (χ3n) is 5.00. The molecule has 0 amide bonds. The third kappa shape index (κ3) is 3.71. The lowest BCUT2D eigenvalue weighted by Gasteiger charge is -2.36. The molecule has 0 bridgehead atoms. The van der Waals surface area contributed by atoms with Gasteiger partial charge in [0.2, 0.25) is 0 Å². The molecule has 3 unspecified atom stereocenters. The van der Waals surface area contributed by atoms with Crippen LogP contribution in [0.1, 0.15) is 65.2 Å². The molecule has 3 atom stereocenters. The minimum absolute atomic E-state index is 0.803. The topological polar surface area (TPSA) is 15.3 Å². The van der Waals surface area contributed by atoms with Gasteiger partial charge in [0.1, 0.15) is 0 Å². The summed E-state index contributed by atoms with van der Waals surface area (Å²) in [5.41, 5.74) is 0. The van der Waals surface area contributed by atoms with E-state index in [-0.39, 0.29) is 0 Å². The first-order valence-corrected chi connectivity index (χ1v) is 8.32. The van der Waals surface area contributed by atoms with Gasteiger partial charge in [0.25, 0.3) is 0 Å². The van der Waals surface area contributed by atoms with Gasteiger partial charge in [-0.15, -0.1) is 0 Å². The molecule has 1 heterocycles. The Bertz CT molecular complexity index is 229. The van der Waals surface area contributed by atoms with Crippen LogP contribution in [-0.4, -0.2) is 36.6 Å². The second-order valence-corrected chi connectivity index (χ2v) is 6.30. The van der Waals surface area contributed by atoms with E-state index >= 15 is 0 Å². The van der Waals surface area contributed by atoms with E-state index in [1.807, 2.05) is 0 Å². The maximum absolute atomic E-state index is 3.80. The molecule has 1 saturated carbocycles. The zero-order valence-electron chi connectivity index (χ0n) is 12.5. The Morgan fingerprint density at radius 3 is 2.67 bits per heavy atom. The molecule has 1 saturated heterocycles. The number of rotatable bonds is 6. The summed E-state index contributed by atoms with van der Waals surface area (Å²) in [4.78, 5) is 2.79. The molecular formula is C16H32N2. The molecule has 1 aliphatic heterocycles. The van der Waals surface area contributed by atoms with Gasteiger partial charge >= 0.3 is 0 Å². The highest BCUT2D eigenvalue weighted by molar-refractivity contribution is 4.86. The van der Waals surface area contributed by atoms with Gasteiger partial charge in [-0.1, -0.05) is 26.7 Å². The van der Waals surface area contributed by atoms with Crippen LogP contribution in [0.2, 0.25) is 0 Å². The molecule has 2 heteroatoms. The van der Waals surface area contributed by atoms with E-state index in [1.165, 1.54) is 71.0 Å². The minimum atomic E-state index is 0.803. The third-order valence-corrected chi connectivity index (χ3v) is 5.00. The lowest BCUT2D eigenvalue weighted by molar-refractivity contribution is 0.156. The molecule has 18 heavy (non-hydrogen) atoms. The van der Waals surface area contributed by atoms with Crippen LogP contribution in [0.15, 0.2) is 0 Å². The maximum Gasteiger partial charge on any atom is 0.0107 e. The van der Waals surface area contributed by atoms with Gasteiger partial charge in [-0.2, -0.15) is 0 Å². The SMILES string of the molecule is CCCNC1CCCCC1CN1CCCC1CC. The first-order valence-electron chi connectivity index (χ1n) is 8.32.